The van der Waals surface area contributed by atoms with Gasteiger partial charge in [-0.05, 0) is 38.3 Å². The summed E-state index contributed by atoms with van der Waals surface area (Å²) in [6, 6.07) is 0. The highest BCUT2D eigenvalue weighted by Gasteiger charge is 2.22. The Balaban J connectivity index is 2.32. The Morgan fingerprint density at radius 3 is 2.53 bits per heavy atom. The lowest BCUT2D eigenvalue weighted by molar-refractivity contribution is -0.146. The Morgan fingerprint density at radius 1 is 1.29 bits per heavy atom. The van der Waals surface area contributed by atoms with Gasteiger partial charge in [-0.2, -0.15) is 0 Å². The largest absolute Gasteiger partial charge is 0.317 e. The third-order valence-electron chi connectivity index (χ3n) is 3.20. The first-order chi connectivity index (χ1) is 8.15. The van der Waals surface area contributed by atoms with E-state index in [-0.39, 0.29) is 11.8 Å². The molecule has 17 heavy (non-hydrogen) atoms. The Bertz CT molecular complexity index is 262. The second-order valence-corrected chi connectivity index (χ2v) is 4.66. The first kappa shape index (κ1) is 14.1. The van der Waals surface area contributed by atoms with E-state index in [0.29, 0.717) is 18.8 Å². The highest BCUT2D eigenvalue weighted by atomic mass is 16.2. The molecule has 0 aromatic heterocycles. The summed E-state index contributed by atoms with van der Waals surface area (Å²) in [4.78, 5) is 23.3. The van der Waals surface area contributed by atoms with E-state index < -0.39 is 0 Å². The number of carbonyl (C=O) groups is 2. The molecule has 0 radical (unpaired) electrons. The van der Waals surface area contributed by atoms with E-state index in [1.54, 1.807) is 0 Å². The first-order valence-electron chi connectivity index (χ1n) is 6.46. The molecule has 0 aromatic carbocycles. The molecule has 1 saturated heterocycles. The Kier molecular flexibility index (Phi) is 6.15. The highest BCUT2D eigenvalue weighted by molar-refractivity contribution is 5.94. The average molecular weight is 241 g/mol. The lowest BCUT2D eigenvalue weighted by atomic mass is 9.94. The third kappa shape index (κ3) is 4.83. The van der Waals surface area contributed by atoms with Crippen LogP contribution in [0.2, 0.25) is 0 Å². The van der Waals surface area contributed by atoms with Gasteiger partial charge in [-0.3, -0.25) is 9.59 Å². The SMILES string of the molecule is CCCCC(=O)N(N)C(=O)CC1CCNCC1. The zero-order chi connectivity index (χ0) is 12.7. The maximum absolute atomic E-state index is 11.8. The molecule has 1 aliphatic rings. The summed E-state index contributed by atoms with van der Waals surface area (Å²) in [6.07, 6.45) is 4.46. The normalized spacial score (nSPS) is 16.8. The summed E-state index contributed by atoms with van der Waals surface area (Å²) in [5, 5.41) is 4.06. The van der Waals surface area contributed by atoms with Crippen LogP contribution in [0, 0.1) is 5.92 Å². The molecular weight excluding hydrogens is 218 g/mol. The maximum Gasteiger partial charge on any atom is 0.243 e. The Hall–Kier alpha value is -0.940. The van der Waals surface area contributed by atoms with Gasteiger partial charge in [0.2, 0.25) is 11.8 Å². The number of piperidine rings is 1. The minimum Gasteiger partial charge on any atom is -0.317 e. The molecule has 0 aromatic rings. The van der Waals surface area contributed by atoms with Gasteiger partial charge in [-0.25, -0.2) is 10.9 Å². The minimum absolute atomic E-state index is 0.238. The van der Waals surface area contributed by atoms with Gasteiger partial charge in [0.15, 0.2) is 0 Å². The molecule has 0 spiro atoms. The van der Waals surface area contributed by atoms with Gasteiger partial charge in [0.05, 0.1) is 0 Å². The summed E-state index contributed by atoms with van der Waals surface area (Å²) in [7, 11) is 0. The number of imide groups is 1. The summed E-state index contributed by atoms with van der Waals surface area (Å²) in [5.41, 5.74) is 0. The second kappa shape index (κ2) is 7.40. The number of hydrazine groups is 1. The predicted octanol–water partition coefficient (Wildman–Crippen LogP) is 0.795. The second-order valence-electron chi connectivity index (χ2n) is 4.66. The van der Waals surface area contributed by atoms with Crippen molar-refractivity contribution >= 4 is 11.8 Å². The Labute approximate surface area is 103 Å². The lowest BCUT2D eigenvalue weighted by Crippen LogP contribution is -2.43. The van der Waals surface area contributed by atoms with Gasteiger partial charge in [0, 0.05) is 12.8 Å². The molecule has 5 heteroatoms. The van der Waals surface area contributed by atoms with Crippen LogP contribution < -0.4 is 11.2 Å². The van der Waals surface area contributed by atoms with Gasteiger partial charge in [0.25, 0.3) is 0 Å². The molecule has 0 saturated carbocycles. The number of hydrogen-bond donors (Lipinski definition) is 2. The maximum atomic E-state index is 11.8. The van der Waals surface area contributed by atoms with Crippen LogP contribution in [-0.2, 0) is 9.59 Å². The molecular formula is C12H23N3O2. The molecule has 98 valence electrons. The van der Waals surface area contributed by atoms with E-state index in [1.165, 1.54) is 0 Å². The smallest absolute Gasteiger partial charge is 0.243 e. The molecule has 0 unspecified atom stereocenters. The van der Waals surface area contributed by atoms with Crippen molar-refractivity contribution in [1.82, 2.24) is 10.3 Å². The fourth-order valence-corrected chi connectivity index (χ4v) is 2.02. The number of unbranched alkanes of at least 4 members (excludes halogenated alkanes) is 1. The summed E-state index contributed by atoms with van der Waals surface area (Å²) in [5.74, 6) is 5.41. The fraction of sp³-hybridized carbons (Fsp3) is 0.833. The van der Waals surface area contributed by atoms with Gasteiger partial charge in [-0.1, -0.05) is 13.3 Å². The van der Waals surface area contributed by atoms with Crippen LogP contribution in [0.15, 0.2) is 0 Å². The van der Waals surface area contributed by atoms with Crippen molar-refractivity contribution in [2.75, 3.05) is 13.1 Å². The van der Waals surface area contributed by atoms with Crippen molar-refractivity contribution in [2.24, 2.45) is 11.8 Å². The van der Waals surface area contributed by atoms with Gasteiger partial charge >= 0.3 is 0 Å². The van der Waals surface area contributed by atoms with Crippen molar-refractivity contribution in [1.29, 1.82) is 0 Å². The van der Waals surface area contributed by atoms with Crippen LogP contribution in [0.4, 0.5) is 0 Å². The number of nitrogens with two attached hydrogens (primary N) is 1. The standard InChI is InChI=1S/C12H23N3O2/c1-2-3-4-11(16)15(13)12(17)9-10-5-7-14-8-6-10/h10,14H,2-9,13H2,1H3. The highest BCUT2D eigenvalue weighted by Crippen LogP contribution is 2.16. The number of nitrogens with one attached hydrogen (secondary N) is 1. The van der Waals surface area contributed by atoms with Gasteiger partial charge < -0.3 is 5.32 Å². The van der Waals surface area contributed by atoms with Crippen LogP contribution in [0.25, 0.3) is 0 Å². The molecule has 1 heterocycles. The third-order valence-corrected chi connectivity index (χ3v) is 3.20. The van der Waals surface area contributed by atoms with Gasteiger partial charge in [0.1, 0.15) is 0 Å². The van der Waals surface area contributed by atoms with Crippen LogP contribution >= 0.6 is 0 Å². The van der Waals surface area contributed by atoms with E-state index in [0.717, 1.165) is 43.8 Å². The fourth-order valence-electron chi connectivity index (χ4n) is 2.02. The van der Waals surface area contributed by atoms with E-state index in [1.807, 2.05) is 6.92 Å². The molecule has 0 aliphatic carbocycles. The van der Waals surface area contributed by atoms with E-state index in [4.69, 9.17) is 5.84 Å². The zero-order valence-corrected chi connectivity index (χ0v) is 10.6. The van der Waals surface area contributed by atoms with Crippen molar-refractivity contribution in [3.63, 3.8) is 0 Å². The van der Waals surface area contributed by atoms with E-state index in [9.17, 15) is 9.59 Å². The molecule has 1 aliphatic heterocycles. The summed E-state index contributed by atoms with van der Waals surface area (Å²) < 4.78 is 0. The molecule has 5 nitrogen and oxygen atoms in total. The molecule has 0 bridgehead atoms. The van der Waals surface area contributed by atoms with Crippen LogP contribution in [0.5, 0.6) is 0 Å². The number of hydrogen-bond acceptors (Lipinski definition) is 4. The lowest BCUT2D eigenvalue weighted by Gasteiger charge is -2.23. The van der Waals surface area contributed by atoms with Crippen molar-refractivity contribution in [3.8, 4) is 0 Å². The van der Waals surface area contributed by atoms with Crippen molar-refractivity contribution < 1.29 is 9.59 Å². The molecule has 3 N–H and O–H groups in total. The first-order valence-corrected chi connectivity index (χ1v) is 6.46. The van der Waals surface area contributed by atoms with E-state index in [2.05, 4.69) is 5.32 Å². The summed E-state index contributed by atoms with van der Waals surface area (Å²) in [6.45, 7) is 3.91. The topological polar surface area (TPSA) is 75.4 Å². The number of nitrogens with zero attached hydrogens (tertiary/aromatic N) is 1. The molecule has 1 rings (SSSR count). The van der Waals surface area contributed by atoms with Crippen molar-refractivity contribution in [3.05, 3.63) is 0 Å². The van der Waals surface area contributed by atoms with Crippen LogP contribution in [0.3, 0.4) is 0 Å². The molecule has 0 atom stereocenters. The molecule has 2 amide bonds. The predicted molar refractivity (Wildman–Crippen MR) is 65.8 cm³/mol. The number of amides is 2. The Morgan fingerprint density at radius 2 is 1.94 bits per heavy atom. The average Bonchev–Trinajstić information content (AvgIpc) is 2.36. The molecule has 1 fully saturated rings. The van der Waals surface area contributed by atoms with Crippen molar-refractivity contribution in [2.45, 2.75) is 45.4 Å². The number of rotatable bonds is 5. The zero-order valence-electron chi connectivity index (χ0n) is 10.6. The number of carbonyl (C=O) groups excluding carboxylic acids is 2. The summed E-state index contributed by atoms with van der Waals surface area (Å²) >= 11 is 0. The minimum atomic E-state index is -0.259. The van der Waals surface area contributed by atoms with E-state index >= 15 is 0 Å². The van der Waals surface area contributed by atoms with Gasteiger partial charge in [-0.15, -0.1) is 0 Å². The quantitative estimate of drug-likeness (QED) is 0.424. The van der Waals surface area contributed by atoms with Crippen LogP contribution in [-0.4, -0.2) is 29.9 Å². The monoisotopic (exact) mass is 241 g/mol. The van der Waals surface area contributed by atoms with Crippen LogP contribution in [0.1, 0.15) is 45.4 Å².